The predicted molar refractivity (Wildman–Crippen MR) is 150 cm³/mol. The van der Waals surface area contributed by atoms with E-state index < -0.39 is 36.0 Å². The normalized spacial score (nSPS) is 17.4. The summed E-state index contributed by atoms with van der Waals surface area (Å²) in [5.41, 5.74) is 0.519. The maximum atomic E-state index is 13.0. The van der Waals surface area contributed by atoms with Gasteiger partial charge in [0.1, 0.15) is 17.2 Å². The second-order valence-corrected chi connectivity index (χ2v) is 11.1. The van der Waals surface area contributed by atoms with Gasteiger partial charge in [-0.05, 0) is 42.0 Å². The Hall–Kier alpha value is -4.16. The van der Waals surface area contributed by atoms with Crippen LogP contribution in [-0.2, 0) is 44.4 Å². The van der Waals surface area contributed by atoms with Crippen LogP contribution in [0.4, 0.5) is 26.3 Å². The Bertz CT molecular complexity index is 1410. The third kappa shape index (κ3) is 10.2. The van der Waals surface area contributed by atoms with Gasteiger partial charge in [-0.1, -0.05) is 18.2 Å². The molecule has 3 aromatic rings. The molecule has 1 amide bonds. The number of hydrogen-bond acceptors (Lipinski definition) is 8. The number of alkyl halides is 6. The molecule has 0 saturated carbocycles. The number of nitrogens with one attached hydrogen (secondary N) is 1. The van der Waals surface area contributed by atoms with E-state index >= 15 is 0 Å². The fourth-order valence-corrected chi connectivity index (χ4v) is 5.36. The Kier molecular flexibility index (Phi) is 12.2. The number of thiophene rings is 1. The number of imidazole rings is 1. The Morgan fingerprint density at radius 1 is 1.04 bits per heavy atom. The number of carboxylic acids is 2. The summed E-state index contributed by atoms with van der Waals surface area (Å²) in [6.07, 6.45) is -5.26. The molecule has 2 aromatic heterocycles. The van der Waals surface area contributed by atoms with E-state index in [2.05, 4.69) is 37.3 Å². The number of ether oxygens (including phenoxy) is 2. The van der Waals surface area contributed by atoms with Crippen molar-refractivity contribution in [3.05, 3.63) is 70.4 Å². The zero-order chi connectivity index (χ0) is 34.1. The molecule has 3 N–H and O–H groups in total. The summed E-state index contributed by atoms with van der Waals surface area (Å²) in [6, 6.07) is 12.0. The van der Waals surface area contributed by atoms with Crippen LogP contribution in [0.25, 0.3) is 0 Å². The first kappa shape index (κ1) is 36.3. The maximum Gasteiger partial charge on any atom is 0.490 e. The fraction of sp³-hybridized carbons (Fsp3) is 0.429. The molecule has 0 radical (unpaired) electrons. The fourth-order valence-electron chi connectivity index (χ4n) is 4.62. The van der Waals surface area contributed by atoms with Crippen molar-refractivity contribution in [1.29, 1.82) is 0 Å². The van der Waals surface area contributed by atoms with E-state index in [1.807, 2.05) is 36.7 Å². The molecule has 1 aromatic carbocycles. The Balaban J connectivity index is 0.000000345. The van der Waals surface area contributed by atoms with Crippen LogP contribution < -0.4 is 10.1 Å². The van der Waals surface area contributed by atoms with Crippen molar-refractivity contribution in [2.75, 3.05) is 20.2 Å². The summed E-state index contributed by atoms with van der Waals surface area (Å²) in [5.74, 6) is -3.84. The van der Waals surface area contributed by atoms with Crippen molar-refractivity contribution in [2.24, 2.45) is 0 Å². The van der Waals surface area contributed by atoms with Gasteiger partial charge in [-0.3, -0.25) is 9.69 Å². The molecule has 1 fully saturated rings. The molecule has 11 nitrogen and oxygen atoms in total. The van der Waals surface area contributed by atoms with Gasteiger partial charge >= 0.3 is 24.3 Å². The Morgan fingerprint density at radius 2 is 1.63 bits per heavy atom. The number of nitrogens with zero attached hydrogens (tertiary/aromatic N) is 3. The Labute approximate surface area is 262 Å². The topological polar surface area (TPSA) is 143 Å². The first-order valence-electron chi connectivity index (χ1n) is 13.5. The minimum atomic E-state index is -5.08. The number of amides is 1. The molecular formula is C28H30F6N4O7S. The summed E-state index contributed by atoms with van der Waals surface area (Å²) in [5, 5.41) is 19.4. The van der Waals surface area contributed by atoms with E-state index in [0.717, 1.165) is 49.6 Å². The number of likely N-dealkylation sites (tertiary alicyclic amines) is 1. The summed E-state index contributed by atoms with van der Waals surface area (Å²) >= 11 is 1.79. The molecule has 2 aliphatic rings. The van der Waals surface area contributed by atoms with E-state index in [-0.39, 0.29) is 5.91 Å². The van der Waals surface area contributed by atoms with Crippen molar-refractivity contribution in [1.82, 2.24) is 19.8 Å². The van der Waals surface area contributed by atoms with Crippen LogP contribution in [0.3, 0.4) is 0 Å². The lowest BCUT2D eigenvalue weighted by atomic mass is 9.88. The van der Waals surface area contributed by atoms with Crippen LogP contribution >= 0.6 is 11.3 Å². The number of halogens is 6. The number of benzene rings is 1. The quantitative estimate of drug-likeness (QED) is 0.323. The van der Waals surface area contributed by atoms with Crippen LogP contribution in [0.15, 0.2) is 54.2 Å². The SMILES string of the molecule is COc1ccc(CNC(=O)C2Cn3ccnc3C3(CCN(Cc4cccs4)CC3)O2)cc1.O=C(O)C(F)(F)F.O=C(O)C(F)(F)F. The third-order valence-electron chi connectivity index (χ3n) is 6.88. The van der Waals surface area contributed by atoms with Gasteiger partial charge in [0.05, 0.1) is 13.7 Å². The van der Waals surface area contributed by atoms with Gasteiger partial charge in [0.2, 0.25) is 0 Å². The average Bonchev–Trinajstić information content (AvgIpc) is 3.70. The third-order valence-corrected chi connectivity index (χ3v) is 7.74. The van der Waals surface area contributed by atoms with Crippen LogP contribution in [0.2, 0.25) is 0 Å². The van der Waals surface area contributed by atoms with Gasteiger partial charge < -0.3 is 29.6 Å². The van der Waals surface area contributed by atoms with Gasteiger partial charge in [-0.25, -0.2) is 14.6 Å². The number of carbonyl (C=O) groups is 3. The van der Waals surface area contributed by atoms with Crippen molar-refractivity contribution < 1.29 is 60.4 Å². The molecule has 2 aliphatic heterocycles. The summed E-state index contributed by atoms with van der Waals surface area (Å²) in [4.78, 5) is 39.3. The Morgan fingerprint density at radius 3 is 2.13 bits per heavy atom. The molecule has 5 rings (SSSR count). The lowest BCUT2D eigenvalue weighted by Gasteiger charge is -2.45. The zero-order valence-electron chi connectivity index (χ0n) is 24.2. The molecule has 0 aliphatic carbocycles. The molecule has 1 spiro atoms. The predicted octanol–water partition coefficient (Wildman–Crippen LogP) is 4.43. The van der Waals surface area contributed by atoms with Crippen LogP contribution in [0.1, 0.15) is 29.1 Å². The highest BCUT2D eigenvalue weighted by Gasteiger charge is 2.47. The molecule has 1 unspecified atom stereocenters. The molecule has 1 atom stereocenters. The summed E-state index contributed by atoms with van der Waals surface area (Å²) < 4.78 is 77.3. The average molecular weight is 681 g/mol. The number of aliphatic carboxylic acids is 2. The molecule has 1 saturated heterocycles. The lowest BCUT2D eigenvalue weighted by molar-refractivity contribution is -0.193. The van der Waals surface area contributed by atoms with Gasteiger partial charge in [-0.2, -0.15) is 26.3 Å². The highest BCUT2D eigenvalue weighted by molar-refractivity contribution is 7.09. The molecular weight excluding hydrogens is 650 g/mol. The maximum absolute atomic E-state index is 13.0. The van der Waals surface area contributed by atoms with Crippen LogP contribution in [-0.4, -0.2) is 81.2 Å². The second kappa shape index (κ2) is 15.4. The zero-order valence-corrected chi connectivity index (χ0v) is 25.0. The number of hydrogen-bond donors (Lipinski definition) is 3. The molecule has 4 heterocycles. The smallest absolute Gasteiger partial charge is 0.490 e. The number of carboxylic acid groups (broad SMARTS) is 2. The highest BCUT2D eigenvalue weighted by atomic mass is 32.1. The van der Waals surface area contributed by atoms with E-state index in [0.29, 0.717) is 13.1 Å². The van der Waals surface area contributed by atoms with E-state index in [1.54, 1.807) is 18.4 Å². The second-order valence-electron chi connectivity index (χ2n) is 10.0. The number of carbonyl (C=O) groups excluding carboxylic acids is 1. The summed E-state index contributed by atoms with van der Waals surface area (Å²) in [6.45, 7) is 3.76. The van der Waals surface area contributed by atoms with Gasteiger partial charge in [0.15, 0.2) is 6.10 Å². The standard InChI is InChI=1S/C24H28N4O3S.2C2HF3O2/c1-30-19-6-4-18(5-7-19)15-26-22(29)21-17-28-13-10-25-23(28)24(31-21)8-11-27(12-9-24)16-20-3-2-14-32-20;2*3-2(4,5)1(6)7/h2-7,10,13-14,21H,8-9,11-12,15-17H2,1H3,(H,26,29);2*(H,6,7). The minimum absolute atomic E-state index is 0.0828. The molecule has 0 bridgehead atoms. The molecule has 46 heavy (non-hydrogen) atoms. The van der Waals surface area contributed by atoms with Crippen molar-refractivity contribution in [3.8, 4) is 5.75 Å². The number of fused-ring (bicyclic) bond motifs is 2. The first-order chi connectivity index (χ1) is 21.5. The van der Waals surface area contributed by atoms with E-state index in [1.165, 1.54) is 4.88 Å². The van der Waals surface area contributed by atoms with E-state index in [9.17, 15) is 31.1 Å². The monoisotopic (exact) mass is 680 g/mol. The van der Waals surface area contributed by atoms with Gasteiger partial charge in [-0.15, -0.1) is 11.3 Å². The van der Waals surface area contributed by atoms with Gasteiger partial charge in [0, 0.05) is 43.4 Å². The molecule has 252 valence electrons. The van der Waals surface area contributed by atoms with Gasteiger partial charge in [0.25, 0.3) is 5.91 Å². The van der Waals surface area contributed by atoms with Crippen molar-refractivity contribution in [2.45, 2.75) is 56.5 Å². The molecule has 18 heteroatoms. The number of rotatable bonds is 6. The van der Waals surface area contributed by atoms with E-state index in [4.69, 9.17) is 29.3 Å². The minimum Gasteiger partial charge on any atom is -0.497 e. The number of aromatic nitrogens is 2. The van der Waals surface area contributed by atoms with Crippen LogP contribution in [0.5, 0.6) is 5.75 Å². The number of methoxy groups -OCH3 is 1. The number of piperidine rings is 1. The summed E-state index contributed by atoms with van der Waals surface area (Å²) in [7, 11) is 1.64. The lowest BCUT2D eigenvalue weighted by Crippen LogP contribution is -2.53. The van der Waals surface area contributed by atoms with Crippen molar-refractivity contribution >= 4 is 29.2 Å². The largest absolute Gasteiger partial charge is 0.497 e. The first-order valence-corrected chi connectivity index (χ1v) is 14.4. The van der Waals surface area contributed by atoms with Crippen LogP contribution in [0, 0.1) is 0 Å². The highest BCUT2D eigenvalue weighted by Crippen LogP contribution is 2.40. The van der Waals surface area contributed by atoms with Crippen molar-refractivity contribution in [3.63, 3.8) is 0 Å².